The van der Waals surface area contributed by atoms with Gasteiger partial charge in [0.15, 0.2) is 6.29 Å². The molecule has 0 N–H and O–H groups in total. The van der Waals surface area contributed by atoms with E-state index >= 15 is 0 Å². The summed E-state index contributed by atoms with van der Waals surface area (Å²) >= 11 is 3.32. The Morgan fingerprint density at radius 3 is 2.71 bits per heavy atom. The molecular formula is C11H8OS2. The quantitative estimate of drug-likeness (QED) is 0.733. The number of rotatable bonds is 3. The third-order valence-corrected chi connectivity index (χ3v) is 3.88. The maximum Gasteiger partial charge on any atom is 0.151 e. The molecule has 0 radical (unpaired) electrons. The molecule has 1 aromatic heterocycles. The molecule has 0 saturated heterocycles. The van der Waals surface area contributed by atoms with Gasteiger partial charge < -0.3 is 0 Å². The summed E-state index contributed by atoms with van der Waals surface area (Å²) in [5, 5.41) is 2.03. The lowest BCUT2D eigenvalue weighted by Gasteiger charge is -2.00. The maximum atomic E-state index is 10.7. The summed E-state index contributed by atoms with van der Waals surface area (Å²) in [7, 11) is 0. The Balaban J connectivity index is 2.28. The normalized spacial score (nSPS) is 10.0. The van der Waals surface area contributed by atoms with Crippen LogP contribution < -0.4 is 0 Å². The molecule has 0 aliphatic carbocycles. The van der Waals surface area contributed by atoms with Gasteiger partial charge in [-0.1, -0.05) is 36.0 Å². The Hall–Kier alpha value is -1.06. The molecule has 1 aromatic carbocycles. The van der Waals surface area contributed by atoms with Gasteiger partial charge in [0.25, 0.3) is 0 Å². The summed E-state index contributed by atoms with van der Waals surface area (Å²) in [6.07, 6.45) is 0.899. The van der Waals surface area contributed by atoms with E-state index in [1.807, 2.05) is 35.7 Å². The van der Waals surface area contributed by atoms with Crippen LogP contribution in [0.5, 0.6) is 0 Å². The first kappa shape index (κ1) is 9.49. The zero-order valence-electron chi connectivity index (χ0n) is 7.34. The molecule has 1 heterocycles. The molecule has 70 valence electrons. The minimum Gasteiger partial charge on any atom is -0.298 e. The van der Waals surface area contributed by atoms with Gasteiger partial charge in [0.1, 0.15) is 0 Å². The van der Waals surface area contributed by atoms with Crippen molar-refractivity contribution < 1.29 is 4.79 Å². The van der Waals surface area contributed by atoms with Crippen LogP contribution in [0.3, 0.4) is 0 Å². The van der Waals surface area contributed by atoms with Crippen LogP contribution in [0.1, 0.15) is 10.4 Å². The largest absolute Gasteiger partial charge is 0.298 e. The van der Waals surface area contributed by atoms with E-state index in [-0.39, 0.29) is 0 Å². The Labute approximate surface area is 90.8 Å². The molecule has 0 aliphatic rings. The van der Waals surface area contributed by atoms with Crippen molar-refractivity contribution in [1.29, 1.82) is 0 Å². The molecule has 0 bridgehead atoms. The second kappa shape index (κ2) is 4.44. The van der Waals surface area contributed by atoms with Gasteiger partial charge in [-0.15, -0.1) is 11.3 Å². The number of hydrogen-bond donors (Lipinski definition) is 0. The van der Waals surface area contributed by atoms with E-state index in [1.54, 1.807) is 23.1 Å². The fraction of sp³-hybridized carbons (Fsp3) is 0. The topological polar surface area (TPSA) is 17.1 Å². The molecule has 0 aliphatic heterocycles. The summed E-state index contributed by atoms with van der Waals surface area (Å²) < 4.78 is 1.21. The molecule has 14 heavy (non-hydrogen) atoms. The fourth-order valence-electron chi connectivity index (χ4n) is 1.10. The Kier molecular flexibility index (Phi) is 3.01. The van der Waals surface area contributed by atoms with Crippen molar-refractivity contribution in [2.45, 2.75) is 9.10 Å². The molecule has 3 heteroatoms. The van der Waals surface area contributed by atoms with E-state index in [4.69, 9.17) is 0 Å². The van der Waals surface area contributed by atoms with Crippen LogP contribution in [0, 0.1) is 0 Å². The molecule has 1 nitrogen and oxygen atoms in total. The van der Waals surface area contributed by atoms with Crippen LogP contribution in [-0.2, 0) is 0 Å². The van der Waals surface area contributed by atoms with Crippen LogP contribution in [0.2, 0.25) is 0 Å². The Morgan fingerprint density at radius 2 is 2.00 bits per heavy atom. The van der Waals surface area contributed by atoms with E-state index in [9.17, 15) is 4.79 Å². The number of aldehydes is 1. The summed E-state index contributed by atoms with van der Waals surface area (Å²) in [6.45, 7) is 0. The van der Waals surface area contributed by atoms with E-state index in [0.29, 0.717) is 0 Å². The van der Waals surface area contributed by atoms with Crippen LogP contribution >= 0.6 is 23.1 Å². The third kappa shape index (κ3) is 2.05. The van der Waals surface area contributed by atoms with Crippen LogP contribution in [-0.4, -0.2) is 6.29 Å². The Bertz CT molecular complexity index is 421. The average molecular weight is 220 g/mol. The lowest BCUT2D eigenvalue weighted by molar-refractivity contribution is 0.112. The number of benzene rings is 1. The summed E-state index contributed by atoms with van der Waals surface area (Å²) in [4.78, 5) is 11.8. The molecule has 0 saturated carbocycles. The fourth-order valence-corrected chi connectivity index (χ4v) is 2.92. The highest BCUT2D eigenvalue weighted by atomic mass is 32.2. The van der Waals surface area contributed by atoms with Gasteiger partial charge in [0, 0.05) is 10.5 Å². The van der Waals surface area contributed by atoms with Gasteiger partial charge in [-0.25, -0.2) is 0 Å². The summed E-state index contributed by atoms with van der Waals surface area (Å²) in [5.74, 6) is 0. The van der Waals surface area contributed by atoms with Crippen LogP contribution in [0.15, 0.2) is 50.9 Å². The number of hydrogen-bond acceptors (Lipinski definition) is 3. The molecule has 2 rings (SSSR count). The lowest BCUT2D eigenvalue weighted by Crippen LogP contribution is -1.82. The van der Waals surface area contributed by atoms with Crippen molar-refractivity contribution in [3.63, 3.8) is 0 Å². The minimum atomic E-state index is 0.755. The first-order valence-corrected chi connectivity index (χ1v) is 5.85. The lowest BCUT2D eigenvalue weighted by atomic mass is 10.2. The van der Waals surface area contributed by atoms with Crippen LogP contribution in [0.4, 0.5) is 0 Å². The van der Waals surface area contributed by atoms with Gasteiger partial charge in [-0.2, -0.15) is 0 Å². The molecule has 0 unspecified atom stereocenters. The van der Waals surface area contributed by atoms with E-state index in [0.717, 1.165) is 16.7 Å². The minimum absolute atomic E-state index is 0.755. The second-order valence-corrected chi connectivity index (χ2v) is 4.98. The number of thiophene rings is 1. The monoisotopic (exact) mass is 220 g/mol. The van der Waals surface area contributed by atoms with Crippen molar-refractivity contribution in [1.82, 2.24) is 0 Å². The highest BCUT2D eigenvalue weighted by molar-refractivity contribution is 8.01. The van der Waals surface area contributed by atoms with Crippen molar-refractivity contribution in [2.24, 2.45) is 0 Å². The maximum absolute atomic E-state index is 10.7. The van der Waals surface area contributed by atoms with Crippen LogP contribution in [0.25, 0.3) is 0 Å². The predicted molar refractivity (Wildman–Crippen MR) is 60.3 cm³/mol. The van der Waals surface area contributed by atoms with Gasteiger partial charge in [0.2, 0.25) is 0 Å². The SMILES string of the molecule is O=Cc1ccccc1Sc1cccs1. The first-order chi connectivity index (χ1) is 6.90. The molecular weight excluding hydrogens is 212 g/mol. The van der Waals surface area contributed by atoms with E-state index in [1.165, 1.54) is 4.21 Å². The third-order valence-electron chi connectivity index (χ3n) is 1.75. The smallest absolute Gasteiger partial charge is 0.151 e. The molecule has 0 amide bonds. The highest BCUT2D eigenvalue weighted by Gasteiger charge is 2.02. The van der Waals surface area contributed by atoms with Gasteiger partial charge in [-0.3, -0.25) is 4.79 Å². The second-order valence-electron chi connectivity index (χ2n) is 2.69. The molecule has 0 fully saturated rings. The van der Waals surface area contributed by atoms with Crippen molar-refractivity contribution in [2.75, 3.05) is 0 Å². The molecule has 2 aromatic rings. The summed E-state index contributed by atoms with van der Waals surface area (Å²) in [5.41, 5.74) is 0.755. The van der Waals surface area contributed by atoms with E-state index < -0.39 is 0 Å². The first-order valence-electron chi connectivity index (χ1n) is 4.16. The van der Waals surface area contributed by atoms with Gasteiger partial charge >= 0.3 is 0 Å². The molecule has 0 spiro atoms. The Morgan fingerprint density at radius 1 is 1.14 bits per heavy atom. The van der Waals surface area contributed by atoms with Gasteiger partial charge in [0.05, 0.1) is 4.21 Å². The van der Waals surface area contributed by atoms with Gasteiger partial charge in [-0.05, 0) is 17.5 Å². The van der Waals surface area contributed by atoms with Crippen molar-refractivity contribution in [3.8, 4) is 0 Å². The predicted octanol–water partition coefficient (Wildman–Crippen LogP) is 3.71. The molecule has 0 atom stereocenters. The zero-order chi connectivity index (χ0) is 9.80. The number of carbonyl (C=O) groups excluding carboxylic acids is 1. The average Bonchev–Trinajstić information content (AvgIpc) is 2.71. The zero-order valence-corrected chi connectivity index (χ0v) is 8.98. The van der Waals surface area contributed by atoms with Crippen molar-refractivity contribution >= 4 is 29.4 Å². The highest BCUT2D eigenvalue weighted by Crippen LogP contribution is 2.32. The standard InChI is InChI=1S/C11H8OS2/c12-8-9-4-1-2-5-10(9)14-11-6-3-7-13-11/h1-8H. The summed E-state index contributed by atoms with van der Waals surface area (Å²) in [6, 6.07) is 11.7. The van der Waals surface area contributed by atoms with E-state index in [2.05, 4.69) is 6.07 Å². The van der Waals surface area contributed by atoms with Crippen molar-refractivity contribution in [3.05, 3.63) is 47.3 Å². The number of carbonyl (C=O) groups is 1.